The van der Waals surface area contributed by atoms with Gasteiger partial charge < -0.3 is 21.5 Å². The summed E-state index contributed by atoms with van der Waals surface area (Å²) in [5.41, 5.74) is 0.838. The molecule has 2 fully saturated rings. The fourth-order valence-electron chi connectivity index (χ4n) is 4.81. The first kappa shape index (κ1) is 23.0. The monoisotopic (exact) mass is 509 g/mol. The van der Waals surface area contributed by atoms with Crippen LogP contribution in [-0.4, -0.2) is 30.7 Å². The van der Waals surface area contributed by atoms with Crippen LogP contribution in [0.5, 0.6) is 0 Å². The van der Waals surface area contributed by atoms with Gasteiger partial charge in [0, 0.05) is 41.0 Å². The fraction of sp³-hybridized carbons (Fsp3) is 0.524. The number of allylic oxidation sites excluding steroid dienone is 1. The number of rotatable bonds is 5. The molecule has 8 heteroatoms. The van der Waals surface area contributed by atoms with E-state index >= 15 is 0 Å². The Labute approximate surface area is 187 Å². The molecule has 29 heavy (non-hydrogen) atoms. The number of fused-ring (bicyclic) bond motifs is 2. The molecule has 0 amide bonds. The largest absolute Gasteiger partial charge is 1.00 e. The molecule has 0 saturated carbocycles. The average Bonchev–Trinajstić information content (AvgIpc) is 3.31. The first-order valence-electron chi connectivity index (χ1n) is 9.57. The zero-order valence-corrected chi connectivity index (χ0v) is 19.5. The molecule has 2 bridgehead atoms. The summed E-state index contributed by atoms with van der Waals surface area (Å²) >= 11 is 2.13. The Morgan fingerprint density at radius 2 is 1.34 bits per heavy atom. The summed E-state index contributed by atoms with van der Waals surface area (Å²) in [5.74, 6) is 0.354. The van der Waals surface area contributed by atoms with E-state index in [-0.39, 0.29) is 26.7 Å². The lowest BCUT2D eigenvalue weighted by atomic mass is 9.87. The molecule has 4 heterocycles. The second kappa shape index (κ2) is 8.81. The highest BCUT2D eigenvalue weighted by molar-refractivity contribution is 7.15. The Kier molecular flexibility index (Phi) is 6.98. The predicted octanol–water partition coefficient (Wildman–Crippen LogP) is 4.14. The van der Waals surface area contributed by atoms with E-state index in [0.29, 0.717) is 18.0 Å². The summed E-state index contributed by atoms with van der Waals surface area (Å²) in [5, 5.41) is 0. The van der Waals surface area contributed by atoms with Crippen molar-refractivity contribution in [1.82, 2.24) is 0 Å². The molecule has 0 aliphatic carbocycles. The second-order valence-corrected chi connectivity index (χ2v) is 10.6. The highest BCUT2D eigenvalue weighted by Crippen LogP contribution is 2.45. The van der Waals surface area contributed by atoms with Crippen LogP contribution < -0.4 is 17.0 Å². The zero-order chi connectivity index (χ0) is 20.1. The highest BCUT2D eigenvalue weighted by atomic mass is 79.9. The van der Waals surface area contributed by atoms with Gasteiger partial charge in [0.25, 0.3) is 12.9 Å². The fourth-order valence-corrected chi connectivity index (χ4v) is 6.68. The van der Waals surface area contributed by atoms with Crippen LogP contribution in [-0.2, 0) is 0 Å². The van der Waals surface area contributed by atoms with Crippen LogP contribution in [0.2, 0.25) is 0 Å². The van der Waals surface area contributed by atoms with E-state index in [2.05, 4.69) is 20.2 Å². The summed E-state index contributed by atoms with van der Waals surface area (Å²) in [6.45, 7) is 0. The SMILES string of the molecule is C[N+]1(C)[C@@H]2CC[C@H]1C[C@@H](C=C(c1ccc(C(F)F)s1)c1ccc(C(F)F)s1)C2.[Br-]. The Morgan fingerprint density at radius 1 is 0.897 bits per heavy atom. The summed E-state index contributed by atoms with van der Waals surface area (Å²) in [4.78, 5) is 1.52. The Balaban J connectivity index is 0.00000240. The lowest BCUT2D eigenvalue weighted by molar-refractivity contribution is -0.931. The van der Waals surface area contributed by atoms with Gasteiger partial charge in [-0.15, -0.1) is 22.7 Å². The van der Waals surface area contributed by atoms with Gasteiger partial charge in [-0.25, -0.2) is 17.6 Å². The van der Waals surface area contributed by atoms with Gasteiger partial charge in [-0.3, -0.25) is 0 Å². The van der Waals surface area contributed by atoms with Crippen LogP contribution in [0, 0.1) is 5.92 Å². The summed E-state index contributed by atoms with van der Waals surface area (Å²) < 4.78 is 53.5. The van der Waals surface area contributed by atoms with E-state index in [1.165, 1.54) is 25.0 Å². The van der Waals surface area contributed by atoms with Crippen LogP contribution in [0.25, 0.3) is 5.57 Å². The minimum Gasteiger partial charge on any atom is -1.00 e. The Bertz CT molecular complexity index is 809. The first-order chi connectivity index (χ1) is 13.3. The van der Waals surface area contributed by atoms with Crippen molar-refractivity contribution in [3.8, 4) is 0 Å². The van der Waals surface area contributed by atoms with Gasteiger partial charge in [0.2, 0.25) is 0 Å². The van der Waals surface area contributed by atoms with E-state index < -0.39 is 12.9 Å². The molecule has 0 spiro atoms. The molecular weight excluding hydrogens is 486 g/mol. The van der Waals surface area contributed by atoms with E-state index in [4.69, 9.17) is 0 Å². The first-order valence-corrected chi connectivity index (χ1v) is 11.2. The lowest BCUT2D eigenvalue weighted by Gasteiger charge is -2.43. The van der Waals surface area contributed by atoms with E-state index in [1.807, 2.05) is 0 Å². The van der Waals surface area contributed by atoms with Gasteiger partial charge >= 0.3 is 0 Å². The molecule has 2 aromatic rings. The van der Waals surface area contributed by atoms with Gasteiger partial charge in [0.05, 0.1) is 35.9 Å². The highest BCUT2D eigenvalue weighted by Gasteiger charge is 2.48. The molecular formula is C21H24BrF4NS2. The summed E-state index contributed by atoms with van der Waals surface area (Å²) in [6.07, 6.45) is 1.72. The maximum absolute atomic E-state index is 13.1. The normalized spacial score (nSPS) is 25.3. The van der Waals surface area contributed by atoms with Gasteiger partial charge in [-0.2, -0.15) is 0 Å². The number of piperidine rings is 1. The summed E-state index contributed by atoms with van der Waals surface area (Å²) in [6, 6.07) is 7.53. The van der Waals surface area contributed by atoms with Gasteiger partial charge in [0.1, 0.15) is 0 Å². The lowest BCUT2D eigenvalue weighted by Crippen LogP contribution is -3.00. The predicted molar refractivity (Wildman–Crippen MR) is 107 cm³/mol. The van der Waals surface area contributed by atoms with Crippen molar-refractivity contribution in [2.24, 2.45) is 5.92 Å². The number of hydrogen-bond donors (Lipinski definition) is 0. The molecule has 2 saturated heterocycles. The van der Waals surface area contributed by atoms with Crippen molar-refractivity contribution in [3.05, 3.63) is 49.9 Å². The topological polar surface area (TPSA) is 0 Å². The molecule has 0 aromatic carbocycles. The third-order valence-electron chi connectivity index (χ3n) is 6.48. The minimum atomic E-state index is -2.51. The number of alkyl halides is 4. The van der Waals surface area contributed by atoms with Gasteiger partial charge in [0.15, 0.2) is 0 Å². The average molecular weight is 510 g/mol. The van der Waals surface area contributed by atoms with Crippen LogP contribution in [0.15, 0.2) is 30.3 Å². The smallest absolute Gasteiger partial charge is 0.272 e. The van der Waals surface area contributed by atoms with Crippen molar-refractivity contribution >= 4 is 28.2 Å². The maximum Gasteiger partial charge on any atom is 0.272 e. The zero-order valence-electron chi connectivity index (χ0n) is 16.3. The van der Waals surface area contributed by atoms with Crippen molar-refractivity contribution in [3.63, 3.8) is 0 Å². The second-order valence-electron chi connectivity index (χ2n) is 8.33. The third-order valence-corrected chi connectivity index (χ3v) is 8.73. The minimum absolute atomic E-state index is 0. The third kappa shape index (κ3) is 4.50. The molecule has 0 radical (unpaired) electrons. The molecule has 2 aliphatic heterocycles. The number of nitrogens with zero attached hydrogens (tertiary/aromatic N) is 1. The van der Waals surface area contributed by atoms with Crippen LogP contribution in [0.1, 0.15) is 58.0 Å². The van der Waals surface area contributed by atoms with Crippen LogP contribution in [0.3, 0.4) is 0 Å². The Morgan fingerprint density at radius 3 is 1.72 bits per heavy atom. The van der Waals surface area contributed by atoms with E-state index in [0.717, 1.165) is 55.3 Å². The molecule has 3 atom stereocenters. The van der Waals surface area contributed by atoms with Crippen molar-refractivity contribution in [2.45, 2.75) is 50.6 Å². The molecule has 4 rings (SSSR count). The molecule has 2 aliphatic rings. The molecule has 0 N–H and O–H groups in total. The van der Waals surface area contributed by atoms with Crippen molar-refractivity contribution < 1.29 is 39.0 Å². The standard InChI is InChI=1S/C21H24F4NS2.BrH/c1-26(2)13-3-4-14(26)10-12(9-13)11-15(16-5-7-18(27-16)20(22)23)17-6-8-19(28-17)21(24)25;/h5-8,11-14,20-21H,3-4,9-10H2,1-2H3;1H/q+1;/p-1/t12-,13+,14-;. The Hall–Kier alpha value is -0.700. The van der Waals surface area contributed by atoms with E-state index in [1.54, 1.807) is 12.1 Å². The van der Waals surface area contributed by atoms with Crippen molar-refractivity contribution in [2.75, 3.05) is 14.1 Å². The van der Waals surface area contributed by atoms with E-state index in [9.17, 15) is 17.6 Å². The molecule has 2 aromatic heterocycles. The number of halogens is 5. The van der Waals surface area contributed by atoms with Gasteiger partial charge in [-0.05, 0) is 30.2 Å². The summed E-state index contributed by atoms with van der Waals surface area (Å²) in [7, 11) is 4.59. The molecule has 1 nitrogen and oxygen atoms in total. The number of quaternary nitrogens is 1. The van der Waals surface area contributed by atoms with Crippen LogP contribution >= 0.6 is 22.7 Å². The van der Waals surface area contributed by atoms with Crippen LogP contribution in [0.4, 0.5) is 17.6 Å². The number of thiophene rings is 2. The van der Waals surface area contributed by atoms with Gasteiger partial charge in [-0.1, -0.05) is 6.08 Å². The number of hydrogen-bond acceptors (Lipinski definition) is 2. The van der Waals surface area contributed by atoms with Crippen molar-refractivity contribution in [1.29, 1.82) is 0 Å². The molecule has 0 unspecified atom stereocenters. The quantitative estimate of drug-likeness (QED) is 0.419. The molecule has 160 valence electrons. The maximum atomic E-state index is 13.1.